The topological polar surface area (TPSA) is 158 Å². The van der Waals surface area contributed by atoms with E-state index in [4.69, 9.17) is 18.9 Å². The van der Waals surface area contributed by atoms with Crippen LogP contribution in [0.1, 0.15) is 68.7 Å². The standard InChI is InChI=1S/C14H23FO5.C10H17FO6.CH4.10H2S/c1-6-11(15)12-7(2)8(3)13(18-9(4)16)14(20-12)19-10(5)17;1-3-5(11)9-7(14)6(13)8(15)10(17-9)16-4(2)12;;;;;;;;;;;/h7-8,11-14H,6H2,1-5H3;5-10,13-15H,3H2,1-2H3;1H4;10*1H2/t7-,8-,11-,12?,13?,14?;5-,6-,7-,8?,9?,10?;;;;;;;;;;;/m00.........../s1. The number of carbonyl (C=O) groups is 3. The van der Waals surface area contributed by atoms with Gasteiger partial charge in [-0.25, -0.2) is 8.78 Å². The number of halogens is 2. The first kappa shape index (κ1) is 78.6. The van der Waals surface area contributed by atoms with Crippen LogP contribution in [0.4, 0.5) is 8.78 Å². The molecular formula is C25H64F2O11S10. The molecule has 0 amide bonds. The summed E-state index contributed by atoms with van der Waals surface area (Å²) in [7, 11) is 0. The van der Waals surface area contributed by atoms with Crippen molar-refractivity contribution in [3.05, 3.63) is 0 Å². The maximum absolute atomic E-state index is 14.0. The van der Waals surface area contributed by atoms with Gasteiger partial charge in [-0.2, -0.15) is 135 Å². The molecule has 2 fully saturated rings. The second-order valence-corrected chi connectivity index (χ2v) is 9.27. The molecule has 0 aliphatic carbocycles. The molecule has 0 aromatic rings. The lowest BCUT2D eigenvalue weighted by atomic mass is 9.81. The first-order valence-corrected chi connectivity index (χ1v) is 12.3. The van der Waals surface area contributed by atoms with E-state index in [0.29, 0.717) is 6.42 Å². The summed E-state index contributed by atoms with van der Waals surface area (Å²) in [4.78, 5) is 33.1. The van der Waals surface area contributed by atoms with Crippen molar-refractivity contribution >= 4 is 153 Å². The third kappa shape index (κ3) is 24.0. The predicted molar refractivity (Wildman–Crippen MR) is 234 cm³/mol. The number of aliphatic hydroxyl groups excluding tert-OH is 3. The van der Waals surface area contributed by atoms with Crippen molar-refractivity contribution in [3.8, 4) is 0 Å². The summed E-state index contributed by atoms with van der Waals surface area (Å²) < 4.78 is 52.8. The molecule has 2 rings (SSSR count). The van der Waals surface area contributed by atoms with E-state index in [1.54, 1.807) is 13.8 Å². The fraction of sp³-hybridized carbons (Fsp3) is 0.880. The summed E-state index contributed by atoms with van der Waals surface area (Å²) in [5, 5.41) is 28.5. The number of rotatable bonds is 7. The van der Waals surface area contributed by atoms with Crippen LogP contribution in [0, 0.1) is 11.8 Å². The first-order chi connectivity index (χ1) is 17.2. The Kier molecular flexibility index (Phi) is 62.7. The Labute approximate surface area is 354 Å². The van der Waals surface area contributed by atoms with E-state index in [0.717, 1.165) is 6.92 Å². The zero-order valence-corrected chi connectivity index (χ0v) is 37.2. The summed E-state index contributed by atoms with van der Waals surface area (Å²) in [6.45, 7) is 10.6. The van der Waals surface area contributed by atoms with Crippen molar-refractivity contribution in [1.82, 2.24) is 0 Å². The van der Waals surface area contributed by atoms with Gasteiger partial charge in [-0.1, -0.05) is 35.1 Å². The normalized spacial score (nSPS) is 28.8. The molecule has 0 aromatic carbocycles. The minimum atomic E-state index is -1.62. The highest BCUT2D eigenvalue weighted by atomic mass is 32.1. The molecule has 0 saturated carbocycles. The summed E-state index contributed by atoms with van der Waals surface area (Å²) in [5.41, 5.74) is 0. The molecule has 304 valence electrons. The van der Waals surface area contributed by atoms with Gasteiger partial charge in [0.2, 0.25) is 12.6 Å². The summed E-state index contributed by atoms with van der Waals surface area (Å²) in [5.74, 6) is -2.10. The lowest BCUT2D eigenvalue weighted by Gasteiger charge is -2.44. The van der Waals surface area contributed by atoms with Gasteiger partial charge < -0.3 is 39.0 Å². The molecule has 11 nitrogen and oxygen atoms in total. The molecule has 23 heteroatoms. The molecule has 2 saturated heterocycles. The number of carbonyl (C=O) groups excluding carboxylic acids is 3. The number of alkyl halides is 2. The van der Waals surface area contributed by atoms with Gasteiger partial charge >= 0.3 is 17.9 Å². The average Bonchev–Trinajstić information content (AvgIpc) is 2.82. The Bertz CT molecular complexity index is 790. The molecule has 0 radical (unpaired) electrons. The van der Waals surface area contributed by atoms with E-state index in [2.05, 4.69) is 4.74 Å². The van der Waals surface area contributed by atoms with Crippen molar-refractivity contribution in [2.75, 3.05) is 0 Å². The van der Waals surface area contributed by atoms with Crippen LogP contribution in [0.15, 0.2) is 0 Å². The molecule has 2 heterocycles. The minimum Gasteiger partial charge on any atom is -0.456 e. The highest BCUT2D eigenvalue weighted by Crippen LogP contribution is 2.36. The molecule has 2 aliphatic heterocycles. The van der Waals surface area contributed by atoms with Crippen LogP contribution >= 0.6 is 135 Å². The smallest absolute Gasteiger partial charge is 0.305 e. The lowest BCUT2D eigenvalue weighted by Crippen LogP contribution is -2.60. The van der Waals surface area contributed by atoms with E-state index in [1.807, 2.05) is 13.8 Å². The Morgan fingerprint density at radius 3 is 1.27 bits per heavy atom. The SMILES string of the molecule is C.CC[C@H](F)C1OC(OC(C)=O)C(O)[C@@H](O)[C@@H]1O.CC[C@H](F)C1OC(OC(C)=O)C(OC(C)=O)[C@@H](C)[C@@H]1C.S.S.S.S.S.S.S.S.S.S. The van der Waals surface area contributed by atoms with Gasteiger partial charge in [-0.3, -0.25) is 14.4 Å². The van der Waals surface area contributed by atoms with Gasteiger partial charge in [0.15, 0.2) is 6.10 Å². The van der Waals surface area contributed by atoms with Gasteiger partial charge in [0, 0.05) is 26.7 Å². The summed E-state index contributed by atoms with van der Waals surface area (Å²) in [6, 6.07) is 0. The van der Waals surface area contributed by atoms with Crippen molar-refractivity contribution < 1.29 is 62.2 Å². The Hall–Kier alpha value is 1.57. The van der Waals surface area contributed by atoms with Gasteiger partial charge in [0.25, 0.3) is 0 Å². The van der Waals surface area contributed by atoms with E-state index in [-0.39, 0.29) is 161 Å². The fourth-order valence-electron chi connectivity index (χ4n) is 4.13. The highest BCUT2D eigenvalue weighted by Gasteiger charge is 2.48. The monoisotopic (exact) mass is 898 g/mol. The van der Waals surface area contributed by atoms with E-state index >= 15 is 0 Å². The van der Waals surface area contributed by atoms with Gasteiger partial charge in [-0.15, -0.1) is 0 Å². The van der Waals surface area contributed by atoms with Gasteiger partial charge in [0.05, 0.1) is 6.10 Å². The average molecular weight is 899 g/mol. The number of esters is 3. The van der Waals surface area contributed by atoms with Crippen LogP contribution in [0.3, 0.4) is 0 Å². The Morgan fingerprint density at radius 2 is 0.917 bits per heavy atom. The maximum atomic E-state index is 14.0. The molecule has 0 aromatic heterocycles. The molecule has 0 bridgehead atoms. The molecule has 2 aliphatic rings. The second-order valence-electron chi connectivity index (χ2n) is 9.27. The molecule has 12 atom stereocenters. The molecular weight excluding hydrogens is 835 g/mol. The summed E-state index contributed by atoms with van der Waals surface area (Å²) in [6.07, 6.45) is -12.3. The maximum Gasteiger partial charge on any atom is 0.305 e. The quantitative estimate of drug-likeness (QED) is 0.255. The second kappa shape index (κ2) is 38.3. The molecule has 6 unspecified atom stereocenters. The molecule has 3 N–H and O–H groups in total. The van der Waals surface area contributed by atoms with Crippen LogP contribution in [-0.2, 0) is 38.1 Å². The van der Waals surface area contributed by atoms with E-state index in [1.165, 1.54) is 13.8 Å². The Balaban J connectivity index is -0.0000000519. The van der Waals surface area contributed by atoms with Crippen molar-refractivity contribution in [2.45, 2.75) is 130 Å². The first-order valence-electron chi connectivity index (χ1n) is 12.3. The largest absolute Gasteiger partial charge is 0.456 e. The Morgan fingerprint density at radius 1 is 0.583 bits per heavy atom. The van der Waals surface area contributed by atoms with Crippen LogP contribution in [0.25, 0.3) is 0 Å². The number of aliphatic hydroxyl groups is 3. The number of ether oxygens (including phenoxy) is 5. The molecule has 48 heavy (non-hydrogen) atoms. The predicted octanol–water partition coefficient (Wildman–Crippen LogP) is 3.10. The summed E-state index contributed by atoms with van der Waals surface area (Å²) >= 11 is 0. The molecule has 0 spiro atoms. The van der Waals surface area contributed by atoms with Gasteiger partial charge in [-0.05, 0) is 18.8 Å². The zero-order valence-electron chi connectivity index (χ0n) is 27.2. The highest BCUT2D eigenvalue weighted by molar-refractivity contribution is 7.60. The fourth-order valence-corrected chi connectivity index (χ4v) is 4.13. The zero-order chi connectivity index (χ0) is 28.6. The third-order valence-corrected chi connectivity index (χ3v) is 6.39. The third-order valence-electron chi connectivity index (χ3n) is 6.39. The van der Waals surface area contributed by atoms with Crippen molar-refractivity contribution in [1.29, 1.82) is 0 Å². The van der Waals surface area contributed by atoms with Crippen molar-refractivity contribution in [3.63, 3.8) is 0 Å². The van der Waals surface area contributed by atoms with E-state index in [9.17, 15) is 38.5 Å². The van der Waals surface area contributed by atoms with E-state index < -0.39 is 79.5 Å². The minimum absolute atomic E-state index is 0. The van der Waals surface area contributed by atoms with Gasteiger partial charge in [0.1, 0.15) is 36.8 Å². The van der Waals surface area contributed by atoms with Crippen LogP contribution < -0.4 is 0 Å². The number of hydrogen-bond donors (Lipinski definition) is 3. The van der Waals surface area contributed by atoms with Crippen LogP contribution in [-0.4, -0.2) is 94.8 Å². The van der Waals surface area contributed by atoms with Crippen molar-refractivity contribution in [2.24, 2.45) is 11.8 Å². The van der Waals surface area contributed by atoms with Crippen LogP contribution in [0.2, 0.25) is 0 Å². The number of hydrogen-bond acceptors (Lipinski definition) is 11. The lowest BCUT2D eigenvalue weighted by molar-refractivity contribution is -0.296. The van der Waals surface area contributed by atoms with Crippen LogP contribution in [0.5, 0.6) is 0 Å².